The SMILES string of the molecule is CCCN(C)P(N)(=O)NC. The Bertz CT molecular complexity index is 139. The number of hydrogen-bond donors (Lipinski definition) is 2. The van der Waals surface area contributed by atoms with Gasteiger partial charge in [-0.2, -0.15) is 0 Å². The van der Waals surface area contributed by atoms with E-state index in [4.69, 9.17) is 5.50 Å². The summed E-state index contributed by atoms with van der Waals surface area (Å²) in [5, 5.41) is 2.59. The molecule has 1 atom stereocenters. The van der Waals surface area contributed by atoms with E-state index in [9.17, 15) is 4.57 Å². The maximum Gasteiger partial charge on any atom is 0.278 e. The first-order valence-corrected chi connectivity index (χ1v) is 5.06. The van der Waals surface area contributed by atoms with Crippen LogP contribution in [0.25, 0.3) is 0 Å². The standard InChI is InChI=1S/C5H16N3OP/c1-4-5-8(3)10(6,9)7-2/h4-5H2,1-3H3,(H3,6,7,9). The Morgan fingerprint density at radius 2 is 2.20 bits per heavy atom. The molecule has 1 unspecified atom stereocenters. The van der Waals surface area contributed by atoms with Crippen molar-refractivity contribution in [3.63, 3.8) is 0 Å². The molecule has 0 aromatic carbocycles. The molecule has 5 heteroatoms. The van der Waals surface area contributed by atoms with Crippen LogP contribution in [0.1, 0.15) is 13.3 Å². The van der Waals surface area contributed by atoms with E-state index in [0.717, 1.165) is 13.0 Å². The Morgan fingerprint density at radius 1 is 1.70 bits per heavy atom. The first kappa shape index (κ1) is 10.1. The molecule has 0 saturated heterocycles. The van der Waals surface area contributed by atoms with Gasteiger partial charge >= 0.3 is 0 Å². The Kier molecular flexibility index (Phi) is 4.13. The Morgan fingerprint density at radius 3 is 2.50 bits per heavy atom. The average molecular weight is 165 g/mol. The van der Waals surface area contributed by atoms with Gasteiger partial charge in [0.25, 0.3) is 7.59 Å². The number of rotatable bonds is 4. The Balaban J connectivity index is 3.91. The van der Waals surface area contributed by atoms with Crippen LogP contribution in [0.5, 0.6) is 0 Å². The predicted molar refractivity (Wildman–Crippen MR) is 43.8 cm³/mol. The molecule has 3 N–H and O–H groups in total. The van der Waals surface area contributed by atoms with Gasteiger partial charge in [0.15, 0.2) is 0 Å². The Hall–Kier alpha value is 0.110. The predicted octanol–water partition coefficient (Wildman–Crippen LogP) is 0.614. The van der Waals surface area contributed by atoms with E-state index in [0.29, 0.717) is 0 Å². The minimum Gasteiger partial charge on any atom is -0.271 e. The minimum absolute atomic E-state index is 0.759. The molecule has 0 aliphatic carbocycles. The monoisotopic (exact) mass is 165 g/mol. The highest BCUT2D eigenvalue weighted by atomic mass is 31.2. The zero-order valence-electron chi connectivity index (χ0n) is 6.79. The maximum absolute atomic E-state index is 11.3. The lowest BCUT2D eigenvalue weighted by molar-refractivity contribution is 0.459. The Labute approximate surface area is 62.3 Å². The smallest absolute Gasteiger partial charge is 0.271 e. The van der Waals surface area contributed by atoms with E-state index < -0.39 is 7.59 Å². The molecule has 0 aliphatic heterocycles. The van der Waals surface area contributed by atoms with Crippen LogP contribution in [0.15, 0.2) is 0 Å². The quantitative estimate of drug-likeness (QED) is 0.599. The van der Waals surface area contributed by atoms with E-state index in [1.807, 2.05) is 6.92 Å². The zero-order chi connectivity index (χ0) is 8.20. The molecule has 0 rings (SSSR count). The van der Waals surface area contributed by atoms with E-state index in [1.54, 1.807) is 18.8 Å². The van der Waals surface area contributed by atoms with Gasteiger partial charge in [-0.15, -0.1) is 0 Å². The van der Waals surface area contributed by atoms with Crippen molar-refractivity contribution in [1.82, 2.24) is 9.76 Å². The van der Waals surface area contributed by atoms with E-state index in [2.05, 4.69) is 5.09 Å². The first-order valence-electron chi connectivity index (χ1n) is 3.33. The minimum atomic E-state index is -2.70. The largest absolute Gasteiger partial charge is 0.278 e. The number of nitrogens with two attached hydrogens (primary N) is 1. The topological polar surface area (TPSA) is 58.4 Å². The molecule has 0 radical (unpaired) electrons. The fourth-order valence-corrected chi connectivity index (χ4v) is 1.48. The summed E-state index contributed by atoms with van der Waals surface area (Å²) in [5.74, 6) is 0. The van der Waals surface area contributed by atoms with Crippen molar-refractivity contribution in [2.75, 3.05) is 20.6 Å². The molecule has 0 amide bonds. The van der Waals surface area contributed by atoms with Crippen LogP contribution < -0.4 is 10.6 Å². The van der Waals surface area contributed by atoms with Crippen LogP contribution in [0.2, 0.25) is 0 Å². The van der Waals surface area contributed by atoms with Gasteiger partial charge < -0.3 is 0 Å². The lowest BCUT2D eigenvalue weighted by Gasteiger charge is -2.22. The molecule has 62 valence electrons. The van der Waals surface area contributed by atoms with Crippen LogP contribution in [0, 0.1) is 0 Å². The second-order valence-electron chi connectivity index (χ2n) is 2.23. The van der Waals surface area contributed by atoms with Gasteiger partial charge in [0.2, 0.25) is 0 Å². The highest BCUT2D eigenvalue weighted by Gasteiger charge is 2.17. The summed E-state index contributed by atoms with van der Waals surface area (Å²) in [5.41, 5.74) is 5.42. The van der Waals surface area contributed by atoms with Crippen molar-refractivity contribution in [2.45, 2.75) is 13.3 Å². The highest BCUT2D eigenvalue weighted by molar-refractivity contribution is 7.56. The van der Waals surface area contributed by atoms with Crippen molar-refractivity contribution in [3.05, 3.63) is 0 Å². The third kappa shape index (κ3) is 2.80. The molecule has 0 bridgehead atoms. The molecule has 0 saturated carbocycles. The number of hydrogen-bond acceptors (Lipinski definition) is 1. The summed E-state index contributed by atoms with van der Waals surface area (Å²) >= 11 is 0. The zero-order valence-corrected chi connectivity index (χ0v) is 7.69. The fraction of sp³-hybridized carbons (Fsp3) is 1.00. The summed E-state index contributed by atoms with van der Waals surface area (Å²) < 4.78 is 12.9. The molecular weight excluding hydrogens is 149 g/mol. The maximum atomic E-state index is 11.3. The summed E-state index contributed by atoms with van der Waals surface area (Å²) in [6, 6.07) is 0. The van der Waals surface area contributed by atoms with E-state index in [1.165, 1.54) is 0 Å². The molecule has 0 fully saturated rings. The summed E-state index contributed by atoms with van der Waals surface area (Å²) in [4.78, 5) is 0. The van der Waals surface area contributed by atoms with Crippen molar-refractivity contribution in [2.24, 2.45) is 5.50 Å². The van der Waals surface area contributed by atoms with Crippen LogP contribution in [-0.2, 0) is 4.57 Å². The molecule has 0 aromatic heterocycles. The van der Waals surface area contributed by atoms with E-state index >= 15 is 0 Å². The van der Waals surface area contributed by atoms with Crippen LogP contribution in [-0.4, -0.2) is 25.3 Å². The lowest BCUT2D eigenvalue weighted by atomic mass is 10.5. The summed E-state index contributed by atoms with van der Waals surface area (Å²) in [6.45, 7) is 2.78. The van der Waals surface area contributed by atoms with Gasteiger partial charge in [-0.25, -0.2) is 9.76 Å². The van der Waals surface area contributed by atoms with Gasteiger partial charge in [-0.05, 0) is 20.5 Å². The van der Waals surface area contributed by atoms with Gasteiger partial charge in [0, 0.05) is 6.54 Å². The molecule has 10 heavy (non-hydrogen) atoms. The van der Waals surface area contributed by atoms with Gasteiger partial charge in [0.1, 0.15) is 0 Å². The van der Waals surface area contributed by atoms with Gasteiger partial charge in [-0.3, -0.25) is 10.1 Å². The van der Waals surface area contributed by atoms with Crippen molar-refractivity contribution < 1.29 is 4.57 Å². The first-order chi connectivity index (χ1) is 4.54. The molecule has 0 spiro atoms. The summed E-state index contributed by atoms with van der Waals surface area (Å²) in [6.07, 6.45) is 0.958. The van der Waals surface area contributed by atoms with Crippen molar-refractivity contribution in [1.29, 1.82) is 0 Å². The van der Waals surface area contributed by atoms with Crippen LogP contribution in [0.4, 0.5) is 0 Å². The number of nitrogens with zero attached hydrogens (tertiary/aromatic N) is 1. The summed E-state index contributed by atoms with van der Waals surface area (Å²) in [7, 11) is 0.657. The van der Waals surface area contributed by atoms with Gasteiger partial charge in [-0.1, -0.05) is 6.92 Å². The normalized spacial score (nSPS) is 17.3. The fourth-order valence-electron chi connectivity index (χ4n) is 0.643. The molecule has 0 aromatic rings. The molecular formula is C5H16N3OP. The lowest BCUT2D eigenvalue weighted by Crippen LogP contribution is -2.28. The average Bonchev–Trinajstić information content (AvgIpc) is 1.89. The van der Waals surface area contributed by atoms with Gasteiger partial charge in [0.05, 0.1) is 0 Å². The molecule has 0 aliphatic rings. The van der Waals surface area contributed by atoms with Crippen molar-refractivity contribution in [3.8, 4) is 0 Å². The third-order valence-electron chi connectivity index (χ3n) is 1.37. The number of nitrogens with one attached hydrogen (secondary N) is 1. The highest BCUT2D eigenvalue weighted by Crippen LogP contribution is 2.33. The van der Waals surface area contributed by atoms with Crippen LogP contribution in [0.3, 0.4) is 0 Å². The van der Waals surface area contributed by atoms with E-state index in [-0.39, 0.29) is 0 Å². The molecule has 4 nitrogen and oxygen atoms in total. The second-order valence-corrected chi connectivity index (χ2v) is 4.60. The third-order valence-corrected chi connectivity index (χ3v) is 3.23. The molecule has 0 heterocycles. The van der Waals surface area contributed by atoms with Crippen molar-refractivity contribution >= 4 is 7.59 Å². The second kappa shape index (κ2) is 4.09. The van der Waals surface area contributed by atoms with Crippen LogP contribution >= 0.6 is 7.59 Å².